The Morgan fingerprint density at radius 2 is 2.15 bits per heavy atom. The Morgan fingerprint density at radius 3 is 2.85 bits per heavy atom. The van der Waals surface area contributed by atoms with Crippen molar-refractivity contribution < 1.29 is 13.6 Å². The fraction of sp³-hybridized carbons (Fsp3) is 0.154. The Morgan fingerprint density at radius 1 is 1.40 bits per heavy atom. The molecule has 0 aliphatic rings. The molecule has 1 amide bonds. The summed E-state index contributed by atoms with van der Waals surface area (Å²) in [6.45, 7) is 3.71. The summed E-state index contributed by atoms with van der Waals surface area (Å²) in [5.74, 6) is 0.265. The molecule has 0 fully saturated rings. The van der Waals surface area contributed by atoms with Gasteiger partial charge in [-0.3, -0.25) is 4.79 Å². The fourth-order valence-electron chi connectivity index (χ4n) is 1.36. The fourth-order valence-corrected chi connectivity index (χ4v) is 1.87. The van der Waals surface area contributed by atoms with Crippen LogP contribution in [0.1, 0.15) is 16.2 Å². The molecule has 0 aliphatic heterocycles. The molecule has 2 aromatic rings. The molecule has 7 heteroatoms. The Labute approximate surface area is 119 Å². The second-order valence-electron chi connectivity index (χ2n) is 3.75. The van der Waals surface area contributed by atoms with E-state index in [1.54, 1.807) is 6.08 Å². The maximum Gasteiger partial charge on any atom is 0.276 e. The minimum atomic E-state index is -0.387. The van der Waals surface area contributed by atoms with Crippen molar-refractivity contribution >= 4 is 17.7 Å². The van der Waals surface area contributed by atoms with Gasteiger partial charge < -0.3 is 9.73 Å². The van der Waals surface area contributed by atoms with Crippen molar-refractivity contribution in [3.8, 4) is 0 Å². The number of amides is 1. The number of carbonyl (C=O) groups is 1. The molecule has 1 heterocycles. The maximum absolute atomic E-state index is 12.7. The van der Waals surface area contributed by atoms with Crippen molar-refractivity contribution in [1.82, 2.24) is 15.5 Å². The highest BCUT2D eigenvalue weighted by Gasteiger charge is 2.09. The number of nitrogens with one attached hydrogen (secondary N) is 1. The molecule has 0 unspecified atom stereocenters. The van der Waals surface area contributed by atoms with E-state index in [1.165, 1.54) is 36.0 Å². The predicted molar refractivity (Wildman–Crippen MR) is 72.8 cm³/mol. The van der Waals surface area contributed by atoms with Gasteiger partial charge in [0, 0.05) is 11.3 Å². The van der Waals surface area contributed by atoms with Crippen molar-refractivity contribution in [3.63, 3.8) is 0 Å². The molecule has 2 rings (SSSR count). The molecule has 104 valence electrons. The van der Waals surface area contributed by atoms with Crippen molar-refractivity contribution in [2.75, 3.05) is 5.75 Å². The number of thioether (sulfide) groups is 1. The summed E-state index contributed by atoms with van der Waals surface area (Å²) in [4.78, 5) is 11.8. The number of hydrogen-bond acceptors (Lipinski definition) is 5. The summed E-state index contributed by atoms with van der Waals surface area (Å²) in [5, 5.41) is 10.7. The summed E-state index contributed by atoms with van der Waals surface area (Å²) in [5.41, 5.74) is 0.368. The highest BCUT2D eigenvalue weighted by molar-refractivity contribution is 7.99. The predicted octanol–water partition coefficient (Wildman–Crippen LogP) is 2.42. The van der Waals surface area contributed by atoms with Crippen LogP contribution in [0.15, 0.2) is 46.6 Å². The Bertz CT molecular complexity index is 598. The van der Waals surface area contributed by atoms with Crippen LogP contribution in [0, 0.1) is 5.82 Å². The van der Waals surface area contributed by atoms with Gasteiger partial charge in [-0.2, -0.15) is 0 Å². The van der Waals surface area contributed by atoms with Crippen LogP contribution >= 0.6 is 11.8 Å². The summed E-state index contributed by atoms with van der Waals surface area (Å²) in [6.07, 6.45) is 1.73. The zero-order valence-electron chi connectivity index (χ0n) is 10.5. The second-order valence-corrected chi connectivity index (χ2v) is 4.72. The third-order valence-corrected chi connectivity index (χ3v) is 3.09. The van der Waals surface area contributed by atoms with E-state index in [9.17, 15) is 9.18 Å². The molecule has 0 saturated carbocycles. The van der Waals surface area contributed by atoms with Gasteiger partial charge in [0.25, 0.3) is 11.1 Å². The largest absolute Gasteiger partial charge is 0.414 e. The molecule has 0 bridgehead atoms. The lowest BCUT2D eigenvalue weighted by atomic mass is 10.2. The molecular weight excluding hydrogens is 281 g/mol. The lowest BCUT2D eigenvalue weighted by Crippen LogP contribution is -2.22. The van der Waals surface area contributed by atoms with Crippen LogP contribution in [0.4, 0.5) is 4.39 Å². The molecular formula is C13H12FN3O2S. The molecule has 0 saturated heterocycles. The third kappa shape index (κ3) is 3.92. The lowest BCUT2D eigenvalue weighted by Gasteiger charge is -2.01. The molecule has 1 N–H and O–H groups in total. The number of nitrogens with zero attached hydrogens (tertiary/aromatic N) is 2. The monoisotopic (exact) mass is 293 g/mol. The van der Waals surface area contributed by atoms with Crippen molar-refractivity contribution in [3.05, 3.63) is 54.2 Å². The number of aromatic nitrogens is 2. The first kappa shape index (κ1) is 14.3. The first-order valence-corrected chi connectivity index (χ1v) is 6.77. The number of rotatable bonds is 6. The Balaban J connectivity index is 1.88. The highest BCUT2D eigenvalue weighted by atomic mass is 32.2. The minimum Gasteiger partial charge on any atom is -0.414 e. The van der Waals surface area contributed by atoms with Gasteiger partial charge in [0.15, 0.2) is 0 Å². The zero-order chi connectivity index (χ0) is 14.4. The average Bonchev–Trinajstić information content (AvgIpc) is 2.91. The SMILES string of the molecule is C=CCSc1nnc(CNC(=O)c2ccc(F)cc2)o1. The molecule has 5 nitrogen and oxygen atoms in total. The molecule has 0 aliphatic carbocycles. The Hall–Kier alpha value is -2.15. The van der Waals surface area contributed by atoms with Gasteiger partial charge in [-0.25, -0.2) is 4.39 Å². The summed E-state index contributed by atoms with van der Waals surface area (Å²) in [7, 11) is 0. The van der Waals surface area contributed by atoms with E-state index in [0.29, 0.717) is 22.4 Å². The van der Waals surface area contributed by atoms with E-state index in [2.05, 4.69) is 22.1 Å². The minimum absolute atomic E-state index is 0.123. The first-order valence-electron chi connectivity index (χ1n) is 5.79. The number of hydrogen-bond donors (Lipinski definition) is 1. The first-order chi connectivity index (χ1) is 9.69. The van der Waals surface area contributed by atoms with Crippen LogP contribution in [-0.4, -0.2) is 21.9 Å². The van der Waals surface area contributed by atoms with Crippen molar-refractivity contribution in [1.29, 1.82) is 0 Å². The quantitative estimate of drug-likeness (QED) is 0.654. The van der Waals surface area contributed by atoms with E-state index in [0.717, 1.165) is 0 Å². The molecule has 0 atom stereocenters. The van der Waals surface area contributed by atoms with Crippen molar-refractivity contribution in [2.45, 2.75) is 11.8 Å². The van der Waals surface area contributed by atoms with Gasteiger partial charge in [-0.05, 0) is 24.3 Å². The molecule has 20 heavy (non-hydrogen) atoms. The Kier molecular flexibility index (Phi) is 4.89. The zero-order valence-corrected chi connectivity index (χ0v) is 11.3. The summed E-state index contributed by atoms with van der Waals surface area (Å²) in [6, 6.07) is 5.27. The lowest BCUT2D eigenvalue weighted by molar-refractivity contribution is 0.0946. The van der Waals surface area contributed by atoms with E-state index in [-0.39, 0.29) is 18.3 Å². The number of carbonyl (C=O) groups excluding carboxylic acids is 1. The van der Waals surface area contributed by atoms with Crippen LogP contribution in [0.3, 0.4) is 0 Å². The van der Waals surface area contributed by atoms with Crippen molar-refractivity contribution in [2.24, 2.45) is 0 Å². The van der Waals surface area contributed by atoms with E-state index < -0.39 is 0 Å². The summed E-state index contributed by atoms with van der Waals surface area (Å²) >= 11 is 1.36. The second kappa shape index (κ2) is 6.85. The van der Waals surface area contributed by atoms with Gasteiger partial charge in [0.2, 0.25) is 5.89 Å². The van der Waals surface area contributed by atoms with Gasteiger partial charge in [0.1, 0.15) is 5.82 Å². The topological polar surface area (TPSA) is 68.0 Å². The van der Waals surface area contributed by atoms with Crippen LogP contribution in [-0.2, 0) is 6.54 Å². The van der Waals surface area contributed by atoms with E-state index >= 15 is 0 Å². The van der Waals surface area contributed by atoms with E-state index in [1.807, 2.05) is 0 Å². The standard InChI is InChI=1S/C13H12FN3O2S/c1-2-7-20-13-17-16-11(19-13)8-15-12(18)9-3-5-10(14)6-4-9/h2-6H,1,7-8H2,(H,15,18). The van der Waals surface area contributed by atoms with E-state index in [4.69, 9.17) is 4.42 Å². The van der Waals surface area contributed by atoms with Gasteiger partial charge >= 0.3 is 0 Å². The molecule has 0 spiro atoms. The summed E-state index contributed by atoms with van der Waals surface area (Å²) < 4.78 is 18.0. The maximum atomic E-state index is 12.7. The van der Waals surface area contributed by atoms with Crippen LogP contribution < -0.4 is 5.32 Å². The van der Waals surface area contributed by atoms with Gasteiger partial charge in [-0.15, -0.1) is 16.8 Å². The number of halogens is 1. The molecule has 1 aromatic carbocycles. The third-order valence-electron chi connectivity index (χ3n) is 2.28. The van der Waals surface area contributed by atoms with Crippen LogP contribution in [0.2, 0.25) is 0 Å². The van der Waals surface area contributed by atoms with Gasteiger partial charge in [-0.1, -0.05) is 17.8 Å². The molecule has 0 radical (unpaired) electrons. The highest BCUT2D eigenvalue weighted by Crippen LogP contribution is 2.15. The smallest absolute Gasteiger partial charge is 0.276 e. The average molecular weight is 293 g/mol. The van der Waals surface area contributed by atoms with Gasteiger partial charge in [0.05, 0.1) is 6.54 Å². The van der Waals surface area contributed by atoms with Crippen LogP contribution in [0.25, 0.3) is 0 Å². The number of benzene rings is 1. The molecule has 1 aromatic heterocycles. The van der Waals surface area contributed by atoms with Crippen LogP contribution in [0.5, 0.6) is 0 Å². The normalized spacial score (nSPS) is 10.2.